The van der Waals surface area contributed by atoms with Crippen LogP contribution in [0.3, 0.4) is 0 Å². The second-order valence-corrected chi connectivity index (χ2v) is 6.71. The summed E-state index contributed by atoms with van der Waals surface area (Å²) in [5.41, 5.74) is 1.07. The molecule has 2 atom stereocenters. The molecule has 0 spiro atoms. The normalized spacial score (nSPS) is 17.9. The fourth-order valence-corrected chi connectivity index (χ4v) is 3.30. The molecule has 0 aliphatic carbocycles. The Morgan fingerprint density at radius 3 is 2.54 bits per heavy atom. The number of amides is 2. The van der Waals surface area contributed by atoms with Gasteiger partial charge in [-0.2, -0.15) is 0 Å². The van der Waals surface area contributed by atoms with Crippen LogP contribution in [0.5, 0.6) is 0 Å². The third-order valence-corrected chi connectivity index (χ3v) is 4.52. The van der Waals surface area contributed by atoms with E-state index in [1.807, 2.05) is 30.3 Å². The van der Waals surface area contributed by atoms with Crippen LogP contribution in [-0.4, -0.2) is 48.3 Å². The molecule has 2 amide bonds. The molecule has 2 rings (SSSR count). The first kappa shape index (κ1) is 18.7. The lowest BCUT2D eigenvalue weighted by Gasteiger charge is -2.29. The quantitative estimate of drug-likeness (QED) is 0.685. The van der Waals surface area contributed by atoms with Gasteiger partial charge in [-0.25, -0.2) is 4.79 Å². The maximum atomic E-state index is 12.3. The molecule has 1 aliphatic rings. The number of rotatable bonds is 8. The second-order valence-electron chi connectivity index (χ2n) is 6.71. The molecule has 0 saturated carbocycles. The zero-order valence-corrected chi connectivity index (χ0v) is 14.7. The molecule has 24 heavy (non-hydrogen) atoms. The molecule has 0 aromatic heterocycles. The van der Waals surface area contributed by atoms with Gasteiger partial charge >= 0.3 is 6.03 Å². The van der Waals surface area contributed by atoms with Crippen LogP contribution in [0.2, 0.25) is 0 Å². The number of piperidine rings is 1. The lowest BCUT2D eigenvalue weighted by Crippen LogP contribution is -2.47. The van der Waals surface area contributed by atoms with E-state index in [2.05, 4.69) is 22.5 Å². The van der Waals surface area contributed by atoms with Gasteiger partial charge in [0.25, 0.3) is 0 Å². The van der Waals surface area contributed by atoms with Crippen molar-refractivity contribution < 1.29 is 9.90 Å². The Balaban J connectivity index is 1.82. The van der Waals surface area contributed by atoms with E-state index in [9.17, 15) is 4.79 Å². The SMILES string of the molecule is CC(CN1CCCCC1)NC(=O)NC(CCCO)c1ccccc1. The summed E-state index contributed by atoms with van der Waals surface area (Å²) in [5, 5.41) is 15.2. The summed E-state index contributed by atoms with van der Waals surface area (Å²) >= 11 is 0. The first-order valence-electron chi connectivity index (χ1n) is 9.14. The summed E-state index contributed by atoms with van der Waals surface area (Å²) < 4.78 is 0. The van der Waals surface area contributed by atoms with E-state index in [1.54, 1.807) is 0 Å². The van der Waals surface area contributed by atoms with Gasteiger partial charge in [0.15, 0.2) is 0 Å². The van der Waals surface area contributed by atoms with Crippen LogP contribution in [0.4, 0.5) is 4.79 Å². The van der Waals surface area contributed by atoms with E-state index < -0.39 is 0 Å². The van der Waals surface area contributed by atoms with E-state index in [0.717, 1.165) is 31.6 Å². The molecule has 1 heterocycles. The molecule has 1 aromatic carbocycles. The highest BCUT2D eigenvalue weighted by Gasteiger charge is 2.17. The first-order valence-corrected chi connectivity index (χ1v) is 9.14. The van der Waals surface area contributed by atoms with Gasteiger partial charge in [-0.05, 0) is 51.3 Å². The molecule has 134 valence electrons. The minimum atomic E-state index is -0.133. The van der Waals surface area contributed by atoms with E-state index >= 15 is 0 Å². The van der Waals surface area contributed by atoms with Gasteiger partial charge in [-0.15, -0.1) is 0 Å². The Morgan fingerprint density at radius 1 is 1.17 bits per heavy atom. The van der Waals surface area contributed by atoms with Crippen molar-refractivity contribution in [2.24, 2.45) is 0 Å². The highest BCUT2D eigenvalue weighted by molar-refractivity contribution is 5.74. The van der Waals surface area contributed by atoms with Crippen LogP contribution in [0.15, 0.2) is 30.3 Å². The Labute approximate surface area is 145 Å². The summed E-state index contributed by atoms with van der Waals surface area (Å²) in [6.07, 6.45) is 5.24. The molecule has 0 bridgehead atoms. The fourth-order valence-electron chi connectivity index (χ4n) is 3.30. The Morgan fingerprint density at radius 2 is 1.88 bits per heavy atom. The second kappa shape index (κ2) is 10.3. The Bertz CT molecular complexity index is 475. The lowest BCUT2D eigenvalue weighted by molar-refractivity contribution is 0.201. The number of benzene rings is 1. The van der Waals surface area contributed by atoms with E-state index in [-0.39, 0.29) is 24.7 Å². The van der Waals surface area contributed by atoms with Crippen LogP contribution in [0, 0.1) is 0 Å². The van der Waals surface area contributed by atoms with E-state index in [1.165, 1.54) is 19.3 Å². The predicted octanol–water partition coefficient (Wildman–Crippen LogP) is 2.67. The van der Waals surface area contributed by atoms with Crippen molar-refractivity contribution in [3.8, 4) is 0 Å². The summed E-state index contributed by atoms with van der Waals surface area (Å²) in [4.78, 5) is 14.8. The lowest BCUT2D eigenvalue weighted by atomic mass is 10.0. The molecule has 3 N–H and O–H groups in total. The number of nitrogens with one attached hydrogen (secondary N) is 2. The maximum absolute atomic E-state index is 12.3. The van der Waals surface area contributed by atoms with Gasteiger partial charge in [0.1, 0.15) is 0 Å². The van der Waals surface area contributed by atoms with E-state index in [0.29, 0.717) is 6.42 Å². The largest absolute Gasteiger partial charge is 0.396 e. The van der Waals surface area contributed by atoms with Gasteiger partial charge in [0.05, 0.1) is 6.04 Å². The smallest absolute Gasteiger partial charge is 0.315 e. The zero-order valence-electron chi connectivity index (χ0n) is 14.7. The number of nitrogens with zero attached hydrogens (tertiary/aromatic N) is 1. The number of carbonyl (C=O) groups excluding carboxylic acids is 1. The molecule has 5 nitrogen and oxygen atoms in total. The van der Waals surface area contributed by atoms with E-state index in [4.69, 9.17) is 5.11 Å². The molecule has 2 unspecified atom stereocenters. The standard InChI is InChI=1S/C19H31N3O2/c1-16(15-22-12-6-3-7-13-22)20-19(24)21-18(11-8-14-23)17-9-4-2-5-10-17/h2,4-5,9-10,16,18,23H,3,6-8,11-15H2,1H3,(H2,20,21,24). The van der Waals surface area contributed by atoms with Crippen molar-refractivity contribution in [1.29, 1.82) is 0 Å². The number of aliphatic hydroxyl groups is 1. The molecule has 1 aliphatic heterocycles. The average Bonchev–Trinajstić information content (AvgIpc) is 2.60. The highest BCUT2D eigenvalue weighted by atomic mass is 16.3. The Hall–Kier alpha value is -1.59. The van der Waals surface area contributed by atoms with Gasteiger partial charge in [-0.3, -0.25) is 0 Å². The van der Waals surface area contributed by atoms with Gasteiger partial charge in [0, 0.05) is 19.2 Å². The summed E-state index contributed by atoms with van der Waals surface area (Å²) in [5.74, 6) is 0. The van der Waals surface area contributed by atoms with Gasteiger partial charge < -0.3 is 20.6 Å². The topological polar surface area (TPSA) is 64.6 Å². The van der Waals surface area contributed by atoms with Crippen LogP contribution < -0.4 is 10.6 Å². The molecular weight excluding hydrogens is 302 g/mol. The third-order valence-electron chi connectivity index (χ3n) is 4.52. The minimum Gasteiger partial charge on any atom is -0.396 e. The van der Waals surface area contributed by atoms with Crippen molar-refractivity contribution in [2.75, 3.05) is 26.2 Å². The van der Waals surface area contributed by atoms with Gasteiger partial charge in [0.2, 0.25) is 0 Å². The van der Waals surface area contributed by atoms with Crippen molar-refractivity contribution >= 4 is 6.03 Å². The van der Waals surface area contributed by atoms with Crippen LogP contribution in [0.25, 0.3) is 0 Å². The number of hydrogen-bond donors (Lipinski definition) is 3. The maximum Gasteiger partial charge on any atom is 0.315 e. The Kier molecular flexibility index (Phi) is 8.05. The monoisotopic (exact) mass is 333 g/mol. The van der Waals surface area contributed by atoms with Crippen LogP contribution in [0.1, 0.15) is 50.6 Å². The van der Waals surface area contributed by atoms with Gasteiger partial charge in [-0.1, -0.05) is 36.8 Å². The number of likely N-dealkylation sites (tertiary alicyclic amines) is 1. The van der Waals surface area contributed by atoms with Crippen molar-refractivity contribution in [3.05, 3.63) is 35.9 Å². The van der Waals surface area contributed by atoms with Crippen molar-refractivity contribution in [1.82, 2.24) is 15.5 Å². The summed E-state index contributed by atoms with van der Waals surface area (Å²) in [6.45, 7) is 5.37. The van der Waals surface area contributed by atoms with Crippen molar-refractivity contribution in [3.63, 3.8) is 0 Å². The van der Waals surface area contributed by atoms with Crippen LogP contribution >= 0.6 is 0 Å². The minimum absolute atomic E-state index is 0.0689. The fraction of sp³-hybridized carbons (Fsp3) is 0.632. The van der Waals surface area contributed by atoms with Crippen LogP contribution in [-0.2, 0) is 0 Å². The number of urea groups is 1. The predicted molar refractivity (Wildman–Crippen MR) is 96.9 cm³/mol. The zero-order chi connectivity index (χ0) is 17.2. The number of aliphatic hydroxyl groups excluding tert-OH is 1. The molecule has 5 heteroatoms. The molecule has 1 fully saturated rings. The van der Waals surface area contributed by atoms with Crippen molar-refractivity contribution in [2.45, 2.75) is 51.1 Å². The molecule has 1 saturated heterocycles. The summed E-state index contributed by atoms with van der Waals surface area (Å²) in [6, 6.07) is 9.86. The number of carbonyl (C=O) groups is 1. The molecule has 0 radical (unpaired) electrons. The number of hydrogen-bond acceptors (Lipinski definition) is 3. The highest BCUT2D eigenvalue weighted by Crippen LogP contribution is 2.18. The molecule has 1 aromatic rings. The average molecular weight is 333 g/mol. The summed E-state index contributed by atoms with van der Waals surface area (Å²) in [7, 11) is 0. The third kappa shape index (κ3) is 6.49. The first-order chi connectivity index (χ1) is 11.7. The molecular formula is C19H31N3O2.